The Hall–Kier alpha value is -1.97. The molecule has 1 aromatic rings. The molecule has 2 unspecified atom stereocenters. The topological polar surface area (TPSA) is 58.6 Å². The van der Waals surface area contributed by atoms with Crippen LogP contribution in [0.15, 0.2) is 36.4 Å². The van der Waals surface area contributed by atoms with Crippen molar-refractivity contribution in [3.05, 3.63) is 36.4 Å². The molecule has 2 atom stereocenters. The highest BCUT2D eigenvalue weighted by atomic mass is 16.5. The molecular formula is C15H19NO3. The second-order valence-corrected chi connectivity index (χ2v) is 4.73. The molecule has 0 saturated heterocycles. The first-order chi connectivity index (χ1) is 9.20. The van der Waals surface area contributed by atoms with Gasteiger partial charge in [0.15, 0.2) is 0 Å². The van der Waals surface area contributed by atoms with Gasteiger partial charge in [0.2, 0.25) is 0 Å². The summed E-state index contributed by atoms with van der Waals surface area (Å²) < 4.78 is 5.08. The molecule has 0 saturated carbocycles. The molecular weight excluding hydrogens is 242 g/mol. The van der Waals surface area contributed by atoms with Gasteiger partial charge in [0.05, 0.1) is 7.11 Å². The fourth-order valence-corrected chi connectivity index (χ4v) is 2.37. The molecule has 0 fully saturated rings. The van der Waals surface area contributed by atoms with Gasteiger partial charge in [-0.05, 0) is 49.4 Å². The van der Waals surface area contributed by atoms with E-state index >= 15 is 0 Å². The van der Waals surface area contributed by atoms with Crippen molar-refractivity contribution in [3.8, 4) is 5.75 Å². The molecule has 1 aromatic carbocycles. The van der Waals surface area contributed by atoms with Crippen molar-refractivity contribution < 1.29 is 14.6 Å². The Morgan fingerprint density at radius 2 is 2.11 bits per heavy atom. The van der Waals surface area contributed by atoms with Gasteiger partial charge in [-0.15, -0.1) is 0 Å². The van der Waals surface area contributed by atoms with Crippen molar-refractivity contribution >= 4 is 11.7 Å². The Morgan fingerprint density at radius 3 is 2.63 bits per heavy atom. The second kappa shape index (κ2) is 6.27. The molecule has 0 spiro atoms. The van der Waals surface area contributed by atoms with Crippen LogP contribution < -0.4 is 10.1 Å². The highest BCUT2D eigenvalue weighted by molar-refractivity contribution is 5.77. The van der Waals surface area contributed by atoms with Crippen LogP contribution in [0.1, 0.15) is 19.3 Å². The number of benzene rings is 1. The van der Waals surface area contributed by atoms with Crippen LogP contribution in [0.2, 0.25) is 0 Å². The Balaban J connectivity index is 2.07. The van der Waals surface area contributed by atoms with Crippen LogP contribution in [0.4, 0.5) is 5.69 Å². The van der Waals surface area contributed by atoms with Crippen molar-refractivity contribution in [2.24, 2.45) is 5.92 Å². The summed E-state index contributed by atoms with van der Waals surface area (Å²) in [7, 11) is 1.61. The third-order valence-electron chi connectivity index (χ3n) is 3.46. The Labute approximate surface area is 113 Å². The second-order valence-electron chi connectivity index (χ2n) is 4.73. The number of hydrogen-bond donors (Lipinski definition) is 2. The molecule has 2 rings (SSSR count). The number of nitrogens with one attached hydrogen (secondary N) is 1. The summed E-state index contributed by atoms with van der Waals surface area (Å²) in [6, 6.07) is 6.78. The predicted octanol–water partition coefficient (Wildman–Crippen LogP) is 2.92. The highest BCUT2D eigenvalue weighted by Gasteiger charge is 2.27. The van der Waals surface area contributed by atoms with Gasteiger partial charge < -0.3 is 15.2 Å². The van der Waals surface area contributed by atoms with Crippen LogP contribution in [0.25, 0.3) is 0 Å². The van der Waals surface area contributed by atoms with Crippen LogP contribution in [0.5, 0.6) is 5.75 Å². The van der Waals surface area contributed by atoms with Crippen molar-refractivity contribution in [1.82, 2.24) is 0 Å². The van der Waals surface area contributed by atoms with Gasteiger partial charge in [-0.1, -0.05) is 12.2 Å². The maximum absolute atomic E-state index is 11.4. The minimum Gasteiger partial charge on any atom is -0.497 e. The van der Waals surface area contributed by atoms with E-state index in [9.17, 15) is 9.90 Å². The summed E-state index contributed by atoms with van der Waals surface area (Å²) in [5.41, 5.74) is 0.808. The third kappa shape index (κ3) is 3.50. The Kier molecular flexibility index (Phi) is 4.44. The molecule has 19 heavy (non-hydrogen) atoms. The van der Waals surface area contributed by atoms with E-state index in [2.05, 4.69) is 17.5 Å². The van der Waals surface area contributed by atoms with E-state index in [1.807, 2.05) is 24.3 Å². The quantitative estimate of drug-likeness (QED) is 0.800. The summed E-state index contributed by atoms with van der Waals surface area (Å²) in [5.74, 6) is 0.110. The fraction of sp³-hybridized carbons (Fsp3) is 0.400. The lowest BCUT2D eigenvalue weighted by molar-refractivity contribution is -0.139. The van der Waals surface area contributed by atoms with E-state index in [0.717, 1.165) is 30.7 Å². The Morgan fingerprint density at radius 1 is 1.37 bits per heavy atom. The number of methoxy groups -OCH3 is 1. The summed E-state index contributed by atoms with van der Waals surface area (Å²) in [5, 5.41) is 12.5. The normalized spacial score (nSPS) is 19.7. The lowest BCUT2D eigenvalue weighted by atomic mass is 9.87. The highest BCUT2D eigenvalue weighted by Crippen LogP contribution is 2.25. The van der Waals surface area contributed by atoms with E-state index in [1.165, 1.54) is 0 Å². The fourth-order valence-electron chi connectivity index (χ4n) is 2.37. The molecule has 0 heterocycles. The van der Waals surface area contributed by atoms with Crippen molar-refractivity contribution in [2.45, 2.75) is 25.3 Å². The van der Waals surface area contributed by atoms with E-state index in [1.54, 1.807) is 7.11 Å². The van der Waals surface area contributed by atoms with Crippen LogP contribution >= 0.6 is 0 Å². The molecule has 0 radical (unpaired) electrons. The third-order valence-corrected chi connectivity index (χ3v) is 3.46. The van der Waals surface area contributed by atoms with Crippen molar-refractivity contribution in [1.29, 1.82) is 0 Å². The molecule has 0 amide bonds. The zero-order chi connectivity index (χ0) is 13.7. The average Bonchev–Trinajstić information content (AvgIpc) is 2.46. The van der Waals surface area contributed by atoms with Gasteiger partial charge in [0, 0.05) is 5.69 Å². The number of hydrogen-bond acceptors (Lipinski definition) is 3. The minimum atomic E-state index is -0.795. The molecule has 0 aliphatic heterocycles. The van der Waals surface area contributed by atoms with Gasteiger partial charge in [-0.25, -0.2) is 4.79 Å². The summed E-state index contributed by atoms with van der Waals surface area (Å²) in [6.07, 6.45) is 6.87. The monoisotopic (exact) mass is 261 g/mol. The first-order valence-corrected chi connectivity index (χ1v) is 6.49. The summed E-state index contributed by atoms with van der Waals surface area (Å²) in [4.78, 5) is 11.4. The standard InChI is InChI=1S/C15H19NO3/c1-19-13-9-7-12(8-10-13)16-14(15(17)18)11-5-3-2-4-6-11/h2-3,7-11,14,16H,4-6H2,1H3,(H,17,18). The number of aliphatic carboxylic acids is 1. The van der Waals surface area contributed by atoms with E-state index in [4.69, 9.17) is 4.74 Å². The zero-order valence-electron chi connectivity index (χ0n) is 11.0. The predicted molar refractivity (Wildman–Crippen MR) is 74.5 cm³/mol. The van der Waals surface area contributed by atoms with Gasteiger partial charge in [0.1, 0.15) is 11.8 Å². The number of ether oxygens (including phenoxy) is 1. The SMILES string of the molecule is COc1ccc(NC(C(=O)O)C2CC=CCC2)cc1. The van der Waals surface area contributed by atoms with Crippen molar-refractivity contribution in [2.75, 3.05) is 12.4 Å². The molecule has 1 aliphatic carbocycles. The first-order valence-electron chi connectivity index (χ1n) is 6.49. The van der Waals surface area contributed by atoms with Gasteiger partial charge in [-0.2, -0.15) is 0 Å². The average molecular weight is 261 g/mol. The molecule has 1 aliphatic rings. The lowest BCUT2D eigenvalue weighted by Crippen LogP contribution is -2.37. The molecule has 4 nitrogen and oxygen atoms in total. The largest absolute Gasteiger partial charge is 0.497 e. The maximum Gasteiger partial charge on any atom is 0.326 e. The Bertz CT molecular complexity index is 453. The number of carbonyl (C=O) groups is 1. The number of carboxylic acids is 1. The number of carboxylic acid groups (broad SMARTS) is 1. The maximum atomic E-state index is 11.4. The van der Waals surface area contributed by atoms with Crippen molar-refractivity contribution in [3.63, 3.8) is 0 Å². The molecule has 2 N–H and O–H groups in total. The molecule has 0 aromatic heterocycles. The number of allylic oxidation sites excluding steroid dienone is 2. The summed E-state index contributed by atoms with van der Waals surface area (Å²) >= 11 is 0. The van der Waals surface area contributed by atoms with Crippen LogP contribution in [-0.2, 0) is 4.79 Å². The van der Waals surface area contributed by atoms with Crippen LogP contribution in [-0.4, -0.2) is 24.2 Å². The molecule has 0 bridgehead atoms. The van der Waals surface area contributed by atoms with E-state index in [-0.39, 0.29) is 5.92 Å². The van der Waals surface area contributed by atoms with Crippen LogP contribution in [0, 0.1) is 5.92 Å². The first kappa shape index (κ1) is 13.5. The molecule has 102 valence electrons. The van der Waals surface area contributed by atoms with Gasteiger partial charge >= 0.3 is 5.97 Å². The zero-order valence-corrected chi connectivity index (χ0v) is 11.0. The summed E-state index contributed by atoms with van der Waals surface area (Å²) in [6.45, 7) is 0. The van der Waals surface area contributed by atoms with Crippen LogP contribution in [0.3, 0.4) is 0 Å². The molecule has 4 heteroatoms. The number of rotatable bonds is 5. The smallest absolute Gasteiger partial charge is 0.326 e. The lowest BCUT2D eigenvalue weighted by Gasteiger charge is -2.26. The van der Waals surface area contributed by atoms with Gasteiger partial charge in [0.25, 0.3) is 0 Å². The minimum absolute atomic E-state index is 0.143. The van der Waals surface area contributed by atoms with E-state index in [0.29, 0.717) is 0 Å². The van der Waals surface area contributed by atoms with E-state index < -0.39 is 12.0 Å². The number of anilines is 1. The van der Waals surface area contributed by atoms with Gasteiger partial charge in [-0.3, -0.25) is 0 Å².